The summed E-state index contributed by atoms with van der Waals surface area (Å²) < 4.78 is 1.17. The number of halogens is 1. The highest BCUT2D eigenvalue weighted by atomic mass is 79.9. The van der Waals surface area contributed by atoms with E-state index in [1.165, 1.54) is 22.1 Å². The molecule has 1 atom stereocenters. The molecule has 0 aliphatic carbocycles. The first-order valence-electron chi connectivity index (χ1n) is 4.20. The Morgan fingerprint density at radius 2 is 2.25 bits per heavy atom. The molecular formula is C10H12BrN. The Morgan fingerprint density at radius 3 is 3.00 bits per heavy atom. The number of hydrogen-bond acceptors (Lipinski definition) is 1. The van der Waals surface area contributed by atoms with Gasteiger partial charge in [-0.1, -0.05) is 22.0 Å². The molecule has 1 aliphatic rings. The number of benzene rings is 1. The van der Waals surface area contributed by atoms with Gasteiger partial charge in [-0.2, -0.15) is 0 Å². The smallest absolute Gasteiger partial charge is 0.0410 e. The summed E-state index contributed by atoms with van der Waals surface area (Å²) in [5.74, 6) is 0. The van der Waals surface area contributed by atoms with Crippen LogP contribution in [0.5, 0.6) is 0 Å². The molecule has 2 heteroatoms. The number of fused-ring (bicyclic) bond motifs is 1. The molecule has 1 aromatic rings. The van der Waals surface area contributed by atoms with Crippen LogP contribution in [-0.2, 0) is 6.42 Å². The molecule has 0 unspecified atom stereocenters. The Morgan fingerprint density at radius 1 is 1.50 bits per heavy atom. The molecular weight excluding hydrogens is 214 g/mol. The molecule has 1 aliphatic heterocycles. The van der Waals surface area contributed by atoms with Crippen LogP contribution >= 0.6 is 15.9 Å². The van der Waals surface area contributed by atoms with Gasteiger partial charge in [0.15, 0.2) is 0 Å². The van der Waals surface area contributed by atoms with Gasteiger partial charge in [0.05, 0.1) is 0 Å². The van der Waals surface area contributed by atoms with Crippen molar-refractivity contribution in [3.8, 4) is 0 Å². The maximum absolute atomic E-state index is 3.49. The highest BCUT2D eigenvalue weighted by Gasteiger charge is 2.22. The molecule has 0 aromatic heterocycles. The summed E-state index contributed by atoms with van der Waals surface area (Å²) in [4.78, 5) is 2.33. The van der Waals surface area contributed by atoms with E-state index < -0.39 is 0 Å². The molecule has 12 heavy (non-hydrogen) atoms. The fourth-order valence-electron chi connectivity index (χ4n) is 1.73. The summed E-state index contributed by atoms with van der Waals surface area (Å²) in [5, 5.41) is 0. The minimum atomic E-state index is 0.647. The first-order chi connectivity index (χ1) is 5.68. The molecule has 0 bridgehead atoms. The van der Waals surface area contributed by atoms with Gasteiger partial charge in [-0.05, 0) is 31.0 Å². The lowest BCUT2D eigenvalue weighted by atomic mass is 10.1. The molecule has 0 amide bonds. The maximum Gasteiger partial charge on any atom is 0.0410 e. The largest absolute Gasteiger partial charge is 0.371 e. The van der Waals surface area contributed by atoms with E-state index in [4.69, 9.17) is 0 Å². The zero-order valence-corrected chi connectivity index (χ0v) is 8.93. The molecule has 0 fully saturated rings. The van der Waals surface area contributed by atoms with Gasteiger partial charge in [-0.25, -0.2) is 0 Å². The summed E-state index contributed by atoms with van der Waals surface area (Å²) in [7, 11) is 2.16. The molecule has 64 valence electrons. The topological polar surface area (TPSA) is 3.24 Å². The van der Waals surface area contributed by atoms with Gasteiger partial charge in [-0.3, -0.25) is 0 Å². The van der Waals surface area contributed by atoms with Crippen molar-refractivity contribution in [2.75, 3.05) is 11.9 Å². The van der Waals surface area contributed by atoms with E-state index in [1.807, 2.05) is 0 Å². The van der Waals surface area contributed by atoms with Crippen molar-refractivity contribution in [2.24, 2.45) is 0 Å². The van der Waals surface area contributed by atoms with E-state index in [9.17, 15) is 0 Å². The van der Waals surface area contributed by atoms with Gasteiger partial charge in [0, 0.05) is 23.2 Å². The number of anilines is 1. The summed E-state index contributed by atoms with van der Waals surface area (Å²) in [6.07, 6.45) is 1.18. The molecule has 1 aromatic carbocycles. The number of nitrogens with zero attached hydrogens (tertiary/aromatic N) is 1. The lowest BCUT2D eigenvalue weighted by Gasteiger charge is -2.18. The highest BCUT2D eigenvalue weighted by molar-refractivity contribution is 9.10. The molecule has 0 radical (unpaired) electrons. The Kier molecular flexibility index (Phi) is 1.87. The molecule has 2 rings (SSSR count). The van der Waals surface area contributed by atoms with Crippen molar-refractivity contribution in [1.29, 1.82) is 0 Å². The standard InChI is InChI=1S/C10H12BrN/c1-7-5-8-3-4-9(11)6-10(8)12(7)2/h3-4,6-7H,5H2,1-2H3/t7-/m0/s1. The van der Waals surface area contributed by atoms with Crippen LogP contribution in [0.2, 0.25) is 0 Å². The average Bonchev–Trinajstić information content (AvgIpc) is 2.31. The highest BCUT2D eigenvalue weighted by Crippen LogP contribution is 2.32. The second-order valence-electron chi connectivity index (χ2n) is 3.44. The van der Waals surface area contributed by atoms with Gasteiger partial charge in [0.25, 0.3) is 0 Å². The van der Waals surface area contributed by atoms with Crippen LogP contribution in [0.15, 0.2) is 22.7 Å². The third kappa shape index (κ3) is 1.14. The minimum absolute atomic E-state index is 0.647. The summed E-state index contributed by atoms with van der Waals surface area (Å²) >= 11 is 3.49. The van der Waals surface area contributed by atoms with Crippen molar-refractivity contribution in [3.63, 3.8) is 0 Å². The fourth-order valence-corrected chi connectivity index (χ4v) is 2.08. The third-order valence-electron chi connectivity index (χ3n) is 2.60. The zero-order chi connectivity index (χ0) is 8.72. The van der Waals surface area contributed by atoms with Crippen LogP contribution in [0.1, 0.15) is 12.5 Å². The number of hydrogen-bond donors (Lipinski definition) is 0. The first-order valence-corrected chi connectivity index (χ1v) is 4.99. The second-order valence-corrected chi connectivity index (χ2v) is 4.35. The third-order valence-corrected chi connectivity index (χ3v) is 3.10. The van der Waals surface area contributed by atoms with E-state index in [-0.39, 0.29) is 0 Å². The van der Waals surface area contributed by atoms with Crippen LogP contribution in [-0.4, -0.2) is 13.1 Å². The van der Waals surface area contributed by atoms with Gasteiger partial charge < -0.3 is 4.90 Å². The van der Waals surface area contributed by atoms with E-state index in [0.29, 0.717) is 6.04 Å². The Bertz CT molecular complexity index is 309. The Balaban J connectivity index is 2.48. The number of likely N-dealkylation sites (N-methyl/N-ethyl adjacent to an activating group) is 1. The fraction of sp³-hybridized carbons (Fsp3) is 0.400. The maximum atomic E-state index is 3.49. The first kappa shape index (κ1) is 8.11. The Hall–Kier alpha value is -0.500. The lowest BCUT2D eigenvalue weighted by Crippen LogP contribution is -2.23. The summed E-state index contributed by atoms with van der Waals surface area (Å²) in [6.45, 7) is 2.26. The summed E-state index contributed by atoms with van der Waals surface area (Å²) in [5.41, 5.74) is 2.84. The van der Waals surface area contributed by atoms with Crippen molar-refractivity contribution >= 4 is 21.6 Å². The van der Waals surface area contributed by atoms with Gasteiger partial charge >= 0.3 is 0 Å². The molecule has 0 saturated carbocycles. The van der Waals surface area contributed by atoms with Gasteiger partial charge in [-0.15, -0.1) is 0 Å². The molecule has 0 spiro atoms. The van der Waals surface area contributed by atoms with Crippen LogP contribution in [0.4, 0.5) is 5.69 Å². The van der Waals surface area contributed by atoms with Crippen LogP contribution < -0.4 is 4.90 Å². The van der Waals surface area contributed by atoms with Crippen LogP contribution in [0, 0.1) is 0 Å². The van der Waals surface area contributed by atoms with E-state index in [0.717, 1.165) is 0 Å². The molecule has 1 nitrogen and oxygen atoms in total. The van der Waals surface area contributed by atoms with Gasteiger partial charge in [0.2, 0.25) is 0 Å². The molecule has 1 heterocycles. The quantitative estimate of drug-likeness (QED) is 0.657. The van der Waals surface area contributed by atoms with E-state index >= 15 is 0 Å². The van der Waals surface area contributed by atoms with Crippen molar-refractivity contribution in [3.05, 3.63) is 28.2 Å². The predicted molar refractivity (Wildman–Crippen MR) is 55.7 cm³/mol. The molecule has 0 N–H and O–H groups in total. The van der Waals surface area contributed by atoms with E-state index in [2.05, 4.69) is 53.0 Å². The second kappa shape index (κ2) is 2.77. The predicted octanol–water partition coefficient (Wildman–Crippen LogP) is 2.83. The van der Waals surface area contributed by atoms with Crippen molar-refractivity contribution in [1.82, 2.24) is 0 Å². The normalized spacial score (nSPS) is 21.2. The van der Waals surface area contributed by atoms with Crippen LogP contribution in [0.25, 0.3) is 0 Å². The minimum Gasteiger partial charge on any atom is -0.371 e. The SMILES string of the molecule is C[C@H]1Cc2ccc(Br)cc2N1C. The van der Waals surface area contributed by atoms with Crippen LogP contribution in [0.3, 0.4) is 0 Å². The van der Waals surface area contributed by atoms with E-state index in [1.54, 1.807) is 0 Å². The molecule has 0 saturated heterocycles. The van der Waals surface area contributed by atoms with Crippen molar-refractivity contribution < 1.29 is 0 Å². The lowest BCUT2D eigenvalue weighted by molar-refractivity contribution is 0.732. The van der Waals surface area contributed by atoms with Crippen molar-refractivity contribution in [2.45, 2.75) is 19.4 Å². The average molecular weight is 226 g/mol. The monoisotopic (exact) mass is 225 g/mol. The zero-order valence-electron chi connectivity index (χ0n) is 7.34. The Labute approximate surface area is 81.5 Å². The summed E-state index contributed by atoms with van der Waals surface area (Å²) in [6, 6.07) is 7.16. The van der Waals surface area contributed by atoms with Gasteiger partial charge in [0.1, 0.15) is 0 Å². The number of rotatable bonds is 0.